The number of thiophene rings is 1. The zero-order chi connectivity index (χ0) is 24.9. The Morgan fingerprint density at radius 2 is 1.94 bits per heavy atom. The first-order valence-electron chi connectivity index (χ1n) is 10.9. The van der Waals surface area contributed by atoms with Gasteiger partial charge < -0.3 is 20.5 Å². The van der Waals surface area contributed by atoms with Gasteiger partial charge in [-0.3, -0.25) is 4.79 Å². The van der Waals surface area contributed by atoms with Gasteiger partial charge in [-0.1, -0.05) is 44.2 Å². The normalized spacial score (nSPS) is 11.9. The van der Waals surface area contributed by atoms with Gasteiger partial charge in [-0.25, -0.2) is 14.4 Å². The van der Waals surface area contributed by atoms with E-state index < -0.39 is 5.82 Å². The number of nitrogens with one attached hydrogen (secondary N) is 2. The van der Waals surface area contributed by atoms with Crippen LogP contribution in [0.1, 0.15) is 30.4 Å². The van der Waals surface area contributed by atoms with E-state index >= 15 is 0 Å². The van der Waals surface area contributed by atoms with Crippen molar-refractivity contribution < 1.29 is 19.0 Å². The van der Waals surface area contributed by atoms with Crippen molar-refractivity contribution in [3.05, 3.63) is 77.2 Å². The van der Waals surface area contributed by atoms with Crippen LogP contribution in [0.3, 0.4) is 0 Å². The van der Waals surface area contributed by atoms with Crippen LogP contribution in [-0.4, -0.2) is 26.1 Å². The number of benzene rings is 2. The van der Waals surface area contributed by atoms with Crippen molar-refractivity contribution in [3.8, 4) is 11.6 Å². The number of rotatable bonds is 7. The number of nitrogens with zero attached hydrogens (tertiary/aromatic N) is 2. The number of amides is 1. The maximum absolute atomic E-state index is 14.8. The van der Waals surface area contributed by atoms with Crippen LogP contribution < -0.4 is 15.4 Å². The summed E-state index contributed by atoms with van der Waals surface area (Å²) in [6.45, 7) is 3.97. The highest BCUT2D eigenvalue weighted by molar-refractivity contribution is 7.80. The molecular weight excluding hydrogens is 487 g/mol. The summed E-state index contributed by atoms with van der Waals surface area (Å²) in [5, 5.41) is 13.8. The number of anilines is 1. The maximum atomic E-state index is 14.8. The molecule has 2 aromatic carbocycles. The van der Waals surface area contributed by atoms with E-state index in [1.54, 1.807) is 6.07 Å². The molecule has 7 nitrogen and oxygen atoms in total. The van der Waals surface area contributed by atoms with Gasteiger partial charge in [-0.2, -0.15) is 0 Å². The summed E-state index contributed by atoms with van der Waals surface area (Å²) in [6, 6.07) is 15.4. The Bertz CT molecular complexity index is 1360. The van der Waals surface area contributed by atoms with Crippen molar-refractivity contribution in [1.29, 1.82) is 0 Å². The standard InChI is InChI=1S/C25H23FN4O3S2/c1-14(2)22(32)20-12-18-23(35-20)24(28-13-27-18)33-19-9-8-16(11-17(19)26)29-25(34)30-21(31)10-15-6-4-3-5-7-15/h3-9,11-14,22,32H,10H2,1-2H3,(H2,29,30,31,34)/p+1. The van der Waals surface area contributed by atoms with Gasteiger partial charge in [0.2, 0.25) is 11.8 Å². The number of carbonyl (C=O) groups is 1. The molecule has 0 aliphatic carbocycles. The molecule has 35 heavy (non-hydrogen) atoms. The summed E-state index contributed by atoms with van der Waals surface area (Å²) in [7, 11) is 0. The largest absolute Gasteiger partial charge is 0.439 e. The fraction of sp³-hybridized carbons (Fsp3) is 0.200. The zero-order valence-corrected chi connectivity index (χ0v) is 20.7. The molecule has 0 saturated carbocycles. The van der Waals surface area contributed by atoms with Gasteiger partial charge in [0.1, 0.15) is 11.0 Å². The Labute approximate surface area is 211 Å². The molecule has 1 amide bonds. The maximum Gasteiger partial charge on any atom is 0.240 e. The lowest BCUT2D eigenvalue weighted by Crippen LogP contribution is -2.35. The topological polar surface area (TPSA) is 99.0 Å². The fourth-order valence-electron chi connectivity index (χ4n) is 3.29. The van der Waals surface area contributed by atoms with E-state index in [0.717, 1.165) is 10.4 Å². The number of fused-ring (bicyclic) bond motifs is 1. The number of halogens is 1. The van der Waals surface area contributed by atoms with Crippen LogP contribution in [0.2, 0.25) is 0 Å². The molecule has 0 aliphatic heterocycles. The monoisotopic (exact) mass is 511 g/mol. The number of aromatic nitrogens is 2. The molecule has 0 spiro atoms. The number of ether oxygens (including phenoxy) is 1. The molecule has 2 aromatic heterocycles. The number of hydrogen-bond donors (Lipinski definition) is 2. The minimum atomic E-state index is -0.627. The molecule has 4 aromatic rings. The van der Waals surface area contributed by atoms with Crippen LogP contribution in [0.25, 0.3) is 10.2 Å². The number of carbonyl (C=O) groups excluding carboxylic acids is 1. The fourth-order valence-corrected chi connectivity index (χ4v) is 4.72. The average molecular weight is 512 g/mol. The molecule has 4 N–H and O–H groups in total. The van der Waals surface area contributed by atoms with E-state index in [0.29, 0.717) is 15.9 Å². The highest BCUT2D eigenvalue weighted by Crippen LogP contribution is 2.38. The average Bonchev–Trinajstić information content (AvgIpc) is 3.26. The predicted molar refractivity (Wildman–Crippen MR) is 140 cm³/mol. The summed E-state index contributed by atoms with van der Waals surface area (Å²) in [4.78, 5) is 21.4. The quantitative estimate of drug-likeness (QED) is 0.265. The smallest absolute Gasteiger partial charge is 0.240 e. The third kappa shape index (κ3) is 6.16. The lowest BCUT2D eigenvalue weighted by Gasteiger charge is -2.11. The van der Waals surface area contributed by atoms with Gasteiger partial charge >= 0.3 is 0 Å². The van der Waals surface area contributed by atoms with Crippen molar-refractivity contribution in [2.45, 2.75) is 26.4 Å². The highest BCUT2D eigenvalue weighted by Gasteiger charge is 2.22. The summed E-state index contributed by atoms with van der Waals surface area (Å²) >= 11 is 6.55. The van der Waals surface area contributed by atoms with E-state index in [2.05, 4.69) is 20.6 Å². The molecule has 0 radical (unpaired) electrons. The first kappa shape index (κ1) is 24.6. The first-order chi connectivity index (χ1) is 16.8. The van der Waals surface area contributed by atoms with Crippen LogP contribution in [0.5, 0.6) is 11.6 Å². The lowest BCUT2D eigenvalue weighted by molar-refractivity contribution is -0.119. The Balaban J connectivity index is 1.42. The second kappa shape index (κ2) is 10.9. The van der Waals surface area contributed by atoms with Crippen LogP contribution >= 0.6 is 23.6 Å². The molecule has 0 fully saturated rings. The number of thiocarbonyl (C=S) groups is 1. The van der Waals surface area contributed by atoms with Gasteiger partial charge in [0.15, 0.2) is 22.8 Å². The van der Waals surface area contributed by atoms with Gasteiger partial charge in [-0.15, -0.1) is 11.3 Å². The van der Waals surface area contributed by atoms with Gasteiger partial charge in [0.05, 0.1) is 16.8 Å². The summed E-state index contributed by atoms with van der Waals surface area (Å²) in [5.41, 5.74) is 1.88. The molecular formula is C25H24FN4O3S2+. The summed E-state index contributed by atoms with van der Waals surface area (Å²) in [5.74, 6) is -0.546. The molecule has 0 saturated heterocycles. The Kier molecular flexibility index (Phi) is 7.64. The molecule has 1 unspecified atom stereocenters. The van der Waals surface area contributed by atoms with Crippen molar-refractivity contribution in [1.82, 2.24) is 15.3 Å². The molecule has 10 heteroatoms. The Hall–Kier alpha value is -3.47. The predicted octanol–water partition coefficient (Wildman–Crippen LogP) is 5.10. The van der Waals surface area contributed by atoms with E-state index in [1.807, 2.05) is 50.2 Å². The van der Waals surface area contributed by atoms with Gasteiger partial charge in [-0.05, 0) is 36.0 Å². The van der Waals surface area contributed by atoms with E-state index in [-0.39, 0.29) is 41.1 Å². The molecule has 0 aliphatic rings. The molecule has 2 heterocycles. The minimum absolute atomic E-state index is 0.0178. The van der Waals surface area contributed by atoms with E-state index in [4.69, 9.17) is 22.1 Å². The molecule has 180 valence electrons. The summed E-state index contributed by atoms with van der Waals surface area (Å²) < 4.78 is 21.2. The first-order valence-corrected chi connectivity index (χ1v) is 12.1. The highest BCUT2D eigenvalue weighted by atomic mass is 32.1. The van der Waals surface area contributed by atoms with Crippen LogP contribution in [0, 0.1) is 11.7 Å². The van der Waals surface area contributed by atoms with Crippen LogP contribution in [0.15, 0.2) is 60.9 Å². The van der Waals surface area contributed by atoms with E-state index in [1.165, 1.54) is 29.8 Å². The van der Waals surface area contributed by atoms with Gasteiger partial charge in [0.25, 0.3) is 0 Å². The minimum Gasteiger partial charge on any atom is -0.439 e. The summed E-state index contributed by atoms with van der Waals surface area (Å²) in [6.07, 6.45) is 1.15. The van der Waals surface area contributed by atoms with Gasteiger partial charge in [0, 0.05) is 17.7 Å². The third-order valence-electron chi connectivity index (χ3n) is 5.13. The zero-order valence-electron chi connectivity index (χ0n) is 19.0. The van der Waals surface area contributed by atoms with Crippen LogP contribution in [0.4, 0.5) is 10.1 Å². The Morgan fingerprint density at radius 1 is 1.17 bits per heavy atom. The van der Waals surface area contributed by atoms with E-state index in [9.17, 15) is 9.18 Å². The molecule has 1 atom stereocenters. The van der Waals surface area contributed by atoms with Crippen molar-refractivity contribution >= 4 is 50.5 Å². The third-order valence-corrected chi connectivity index (χ3v) is 6.53. The second-order valence-corrected chi connectivity index (χ2v) is 9.67. The van der Waals surface area contributed by atoms with Crippen molar-refractivity contribution in [3.63, 3.8) is 0 Å². The van der Waals surface area contributed by atoms with Crippen molar-refractivity contribution in [2.24, 2.45) is 5.92 Å². The molecule has 0 bridgehead atoms. The second-order valence-electron chi connectivity index (χ2n) is 8.18. The lowest BCUT2D eigenvalue weighted by atomic mass is 10.1. The number of hydrogen-bond acceptors (Lipinski definition) is 6. The molecule has 4 rings (SSSR count). The van der Waals surface area contributed by atoms with Crippen molar-refractivity contribution in [2.75, 3.05) is 5.32 Å². The van der Waals surface area contributed by atoms with Crippen LogP contribution in [-0.2, 0) is 11.2 Å². The SMILES string of the molecule is CC(C)C([OH2+])c1cc2ncnc(Oc3ccc(NC(=S)NC(=O)Cc4ccccc4)cc3F)c2s1. The Morgan fingerprint density at radius 3 is 2.66 bits per heavy atom.